The summed E-state index contributed by atoms with van der Waals surface area (Å²) in [4.78, 5) is 0. The predicted molar refractivity (Wildman–Crippen MR) is 46.9 cm³/mol. The summed E-state index contributed by atoms with van der Waals surface area (Å²) >= 11 is 0. The molecule has 2 nitrogen and oxygen atoms in total. The number of ether oxygens (including phenoxy) is 1. The largest absolute Gasteiger partial charge is 0.377 e. The first-order valence-corrected chi connectivity index (χ1v) is 4.16. The molecule has 0 amide bonds. The van der Waals surface area contributed by atoms with Crippen LogP contribution in [0.2, 0.25) is 0 Å². The highest BCUT2D eigenvalue weighted by Gasteiger charge is 2.45. The van der Waals surface area contributed by atoms with Gasteiger partial charge in [0.05, 0.1) is 6.10 Å². The number of hydrogen-bond donors (Lipinski definition) is 1. The van der Waals surface area contributed by atoms with Crippen LogP contribution in [0.15, 0.2) is 0 Å². The van der Waals surface area contributed by atoms with Crippen LogP contribution in [0.3, 0.4) is 0 Å². The number of nitrogens with two attached hydrogens (primary N) is 1. The van der Waals surface area contributed by atoms with Crippen LogP contribution in [0.5, 0.6) is 0 Å². The molecule has 2 rings (SSSR count). The molecular weight excluding hydrogens is 162 g/mol. The lowest BCUT2D eigenvalue weighted by Crippen LogP contribution is -2.32. The molecule has 0 bridgehead atoms. The van der Waals surface area contributed by atoms with Gasteiger partial charge in [0.2, 0.25) is 0 Å². The van der Waals surface area contributed by atoms with Gasteiger partial charge in [0.1, 0.15) is 0 Å². The second-order valence-corrected chi connectivity index (χ2v) is 3.68. The Labute approximate surface area is 73.9 Å². The molecule has 0 radical (unpaired) electrons. The topological polar surface area (TPSA) is 35.2 Å². The van der Waals surface area contributed by atoms with Crippen LogP contribution in [0, 0.1) is 5.41 Å². The molecule has 1 saturated carbocycles. The average molecular weight is 178 g/mol. The highest BCUT2D eigenvalue weighted by Crippen LogP contribution is 2.54. The van der Waals surface area contributed by atoms with Gasteiger partial charge in [-0.15, -0.1) is 12.4 Å². The van der Waals surface area contributed by atoms with E-state index in [2.05, 4.69) is 0 Å². The molecule has 1 saturated heterocycles. The second-order valence-electron chi connectivity index (χ2n) is 3.68. The van der Waals surface area contributed by atoms with Crippen molar-refractivity contribution >= 4 is 12.4 Å². The van der Waals surface area contributed by atoms with Gasteiger partial charge in [-0.05, 0) is 31.1 Å². The van der Waals surface area contributed by atoms with E-state index in [0.717, 1.165) is 6.61 Å². The smallest absolute Gasteiger partial charge is 0.0702 e. The van der Waals surface area contributed by atoms with Gasteiger partial charge >= 0.3 is 0 Å². The van der Waals surface area contributed by atoms with E-state index in [1.54, 1.807) is 0 Å². The van der Waals surface area contributed by atoms with Crippen molar-refractivity contribution < 1.29 is 4.74 Å². The fraction of sp³-hybridized carbons (Fsp3) is 1.00. The summed E-state index contributed by atoms with van der Waals surface area (Å²) in [5.74, 6) is 0. The molecule has 1 atom stereocenters. The van der Waals surface area contributed by atoms with Crippen LogP contribution in [-0.4, -0.2) is 19.3 Å². The number of rotatable bonds is 1. The molecule has 0 aromatic heterocycles. The van der Waals surface area contributed by atoms with E-state index in [4.69, 9.17) is 10.5 Å². The Kier molecular flexibility index (Phi) is 2.79. The van der Waals surface area contributed by atoms with Crippen molar-refractivity contribution in [3.63, 3.8) is 0 Å². The molecule has 1 spiro atoms. The Morgan fingerprint density at radius 3 is 2.64 bits per heavy atom. The van der Waals surface area contributed by atoms with Gasteiger partial charge in [-0.25, -0.2) is 0 Å². The molecule has 1 aliphatic heterocycles. The monoisotopic (exact) mass is 177 g/mol. The number of halogens is 1. The average Bonchev–Trinajstić information content (AvgIpc) is 2.70. The fourth-order valence-electron chi connectivity index (χ4n) is 1.87. The van der Waals surface area contributed by atoms with Gasteiger partial charge in [0.25, 0.3) is 0 Å². The van der Waals surface area contributed by atoms with E-state index in [0.29, 0.717) is 18.1 Å². The van der Waals surface area contributed by atoms with Crippen molar-refractivity contribution in [2.24, 2.45) is 11.1 Å². The van der Waals surface area contributed by atoms with E-state index >= 15 is 0 Å². The zero-order valence-electron chi connectivity index (χ0n) is 6.71. The lowest BCUT2D eigenvalue weighted by molar-refractivity contribution is -0.0104. The van der Waals surface area contributed by atoms with Crippen LogP contribution >= 0.6 is 12.4 Å². The summed E-state index contributed by atoms with van der Waals surface area (Å²) in [6, 6.07) is 0. The maximum Gasteiger partial charge on any atom is 0.0702 e. The summed E-state index contributed by atoms with van der Waals surface area (Å²) in [7, 11) is 0. The summed E-state index contributed by atoms with van der Waals surface area (Å²) in [6.45, 7) is 1.66. The molecular formula is C8H16ClNO. The van der Waals surface area contributed by atoms with Gasteiger partial charge in [-0.1, -0.05) is 0 Å². The normalized spacial score (nSPS) is 33.0. The maximum atomic E-state index is 5.53. The standard InChI is InChI=1S/C8H15NO.ClH/c9-6-7-5-8(1-2-8)3-4-10-7;/h7H,1-6,9H2;1H. The molecule has 11 heavy (non-hydrogen) atoms. The molecule has 0 aromatic rings. The van der Waals surface area contributed by atoms with E-state index in [1.165, 1.54) is 25.7 Å². The fourth-order valence-corrected chi connectivity index (χ4v) is 1.87. The van der Waals surface area contributed by atoms with Crippen molar-refractivity contribution in [3.05, 3.63) is 0 Å². The van der Waals surface area contributed by atoms with Crippen molar-refractivity contribution in [1.82, 2.24) is 0 Å². The maximum absolute atomic E-state index is 5.53. The summed E-state index contributed by atoms with van der Waals surface area (Å²) in [6.07, 6.45) is 5.73. The Bertz CT molecular complexity index is 136. The summed E-state index contributed by atoms with van der Waals surface area (Å²) in [5.41, 5.74) is 6.22. The quantitative estimate of drug-likeness (QED) is 0.656. The molecule has 2 N–H and O–H groups in total. The lowest BCUT2D eigenvalue weighted by atomic mass is 9.92. The summed E-state index contributed by atoms with van der Waals surface area (Å²) in [5, 5.41) is 0. The SMILES string of the molecule is Cl.NCC1CC2(CCO1)CC2. The Morgan fingerprint density at radius 1 is 1.36 bits per heavy atom. The van der Waals surface area contributed by atoms with Crippen LogP contribution < -0.4 is 5.73 Å². The highest BCUT2D eigenvalue weighted by molar-refractivity contribution is 5.85. The minimum absolute atomic E-state index is 0. The molecule has 1 heterocycles. The van der Waals surface area contributed by atoms with Gasteiger partial charge < -0.3 is 10.5 Å². The molecule has 3 heteroatoms. The van der Waals surface area contributed by atoms with E-state index in [9.17, 15) is 0 Å². The van der Waals surface area contributed by atoms with Crippen molar-refractivity contribution in [2.75, 3.05) is 13.2 Å². The molecule has 1 unspecified atom stereocenters. The van der Waals surface area contributed by atoms with E-state index < -0.39 is 0 Å². The third-order valence-corrected chi connectivity index (χ3v) is 2.87. The number of hydrogen-bond acceptors (Lipinski definition) is 2. The Balaban J connectivity index is 0.000000605. The molecule has 0 aromatic carbocycles. The van der Waals surface area contributed by atoms with Crippen LogP contribution in [0.4, 0.5) is 0 Å². The van der Waals surface area contributed by atoms with Gasteiger partial charge in [0, 0.05) is 13.2 Å². The van der Waals surface area contributed by atoms with Gasteiger partial charge in [-0.2, -0.15) is 0 Å². The lowest BCUT2D eigenvalue weighted by Gasteiger charge is -2.28. The zero-order chi connectivity index (χ0) is 7.03. The molecule has 1 aliphatic carbocycles. The van der Waals surface area contributed by atoms with Crippen LogP contribution in [0.25, 0.3) is 0 Å². The van der Waals surface area contributed by atoms with Crippen molar-refractivity contribution in [2.45, 2.75) is 31.8 Å². The van der Waals surface area contributed by atoms with E-state index in [1.807, 2.05) is 0 Å². The first kappa shape index (κ1) is 9.30. The first-order chi connectivity index (χ1) is 4.85. The molecule has 66 valence electrons. The van der Waals surface area contributed by atoms with Crippen molar-refractivity contribution in [3.8, 4) is 0 Å². The predicted octanol–water partition coefficient (Wildman–Crippen LogP) is 1.33. The molecule has 2 aliphatic rings. The van der Waals surface area contributed by atoms with Crippen LogP contribution in [-0.2, 0) is 4.74 Å². The Hall–Kier alpha value is 0.210. The minimum atomic E-state index is 0. The third-order valence-electron chi connectivity index (χ3n) is 2.87. The third kappa shape index (κ3) is 1.86. The van der Waals surface area contributed by atoms with Crippen LogP contribution in [0.1, 0.15) is 25.7 Å². The zero-order valence-corrected chi connectivity index (χ0v) is 7.53. The Morgan fingerprint density at radius 2 is 2.09 bits per heavy atom. The van der Waals surface area contributed by atoms with Gasteiger partial charge in [-0.3, -0.25) is 0 Å². The first-order valence-electron chi connectivity index (χ1n) is 4.16. The van der Waals surface area contributed by atoms with Gasteiger partial charge in [0.15, 0.2) is 0 Å². The van der Waals surface area contributed by atoms with E-state index in [-0.39, 0.29) is 12.4 Å². The van der Waals surface area contributed by atoms with Crippen molar-refractivity contribution in [1.29, 1.82) is 0 Å². The highest BCUT2D eigenvalue weighted by atomic mass is 35.5. The summed E-state index contributed by atoms with van der Waals surface area (Å²) < 4.78 is 5.48. The minimum Gasteiger partial charge on any atom is -0.377 e. The molecule has 2 fully saturated rings. The second kappa shape index (κ2) is 3.30.